The number of nitrogens with zero attached hydrogens (tertiary/aromatic N) is 1. The third-order valence-corrected chi connectivity index (χ3v) is 5.39. The van der Waals surface area contributed by atoms with E-state index in [1.165, 1.54) is 31.7 Å². The number of hydrogen-bond acceptors (Lipinski definition) is 4. The number of nitrogens with one attached hydrogen (secondary N) is 1. The molecule has 3 atom stereocenters. The molecule has 1 aromatic carbocycles. The smallest absolute Gasteiger partial charge is 0.408 e. The first-order valence-electron chi connectivity index (χ1n) is 10.4. The number of ketones is 1. The van der Waals surface area contributed by atoms with E-state index in [-0.39, 0.29) is 5.78 Å². The van der Waals surface area contributed by atoms with E-state index in [0.717, 1.165) is 12.1 Å². The molecule has 1 N–H and O–H groups in total. The Morgan fingerprint density at radius 2 is 1.64 bits per heavy atom. The predicted octanol–water partition coefficient (Wildman–Crippen LogP) is 4.47. The second-order valence-electron chi connectivity index (χ2n) is 9.13. The molecule has 5 nitrogen and oxygen atoms in total. The summed E-state index contributed by atoms with van der Waals surface area (Å²) in [6.45, 7) is 12.5. The number of Topliss-reactive ketones (excluding diaryl/α,β-unsaturated/α-hetero) is 1. The molecule has 0 radical (unpaired) electrons. The number of benzene rings is 1. The number of piperidine rings is 1. The third kappa shape index (κ3) is 6.93. The van der Waals surface area contributed by atoms with Crippen LogP contribution in [0.2, 0.25) is 0 Å². The van der Waals surface area contributed by atoms with Crippen molar-refractivity contribution in [2.45, 2.75) is 97.5 Å². The molecule has 0 unspecified atom stereocenters. The Morgan fingerprint density at radius 1 is 1.11 bits per heavy atom. The van der Waals surface area contributed by atoms with Crippen LogP contribution in [0.3, 0.4) is 0 Å². The quantitative estimate of drug-likeness (QED) is 0.781. The maximum Gasteiger partial charge on any atom is 0.408 e. The Bertz CT molecular complexity index is 653. The van der Waals surface area contributed by atoms with Gasteiger partial charge in [0.15, 0.2) is 5.78 Å². The van der Waals surface area contributed by atoms with Gasteiger partial charge in [0, 0.05) is 18.6 Å². The molecule has 28 heavy (non-hydrogen) atoms. The SMILES string of the molecule is CC(=O)[C@@H](Cc1ccc(CN2[C@H](C)CCC[C@@H]2C)cc1)NC(=O)OC(C)(C)C. The Balaban J connectivity index is 1.97. The van der Waals surface area contributed by atoms with Crippen LogP contribution in [0.15, 0.2) is 24.3 Å². The van der Waals surface area contributed by atoms with E-state index >= 15 is 0 Å². The summed E-state index contributed by atoms with van der Waals surface area (Å²) in [5, 5.41) is 2.69. The van der Waals surface area contributed by atoms with Crippen LogP contribution in [0.25, 0.3) is 0 Å². The van der Waals surface area contributed by atoms with Gasteiger partial charge in [0.1, 0.15) is 5.60 Å². The number of alkyl carbamates (subject to hydrolysis) is 1. The second-order valence-corrected chi connectivity index (χ2v) is 9.13. The molecule has 0 saturated carbocycles. The van der Waals surface area contributed by atoms with Gasteiger partial charge in [0.2, 0.25) is 0 Å². The molecule has 0 aliphatic carbocycles. The molecule has 2 rings (SSSR count). The maximum atomic E-state index is 12.0. The van der Waals surface area contributed by atoms with Crippen LogP contribution in [-0.2, 0) is 22.5 Å². The molecular formula is C23H36N2O3. The summed E-state index contributed by atoms with van der Waals surface area (Å²) in [6, 6.07) is 9.03. The van der Waals surface area contributed by atoms with Crippen LogP contribution in [0.5, 0.6) is 0 Å². The minimum atomic E-state index is -0.588. The van der Waals surface area contributed by atoms with Gasteiger partial charge in [-0.2, -0.15) is 0 Å². The van der Waals surface area contributed by atoms with E-state index in [0.29, 0.717) is 18.5 Å². The van der Waals surface area contributed by atoms with Crippen LogP contribution >= 0.6 is 0 Å². The molecular weight excluding hydrogens is 352 g/mol. The zero-order valence-electron chi connectivity index (χ0n) is 18.2. The maximum absolute atomic E-state index is 12.0. The van der Waals surface area contributed by atoms with Gasteiger partial charge in [0.05, 0.1) is 6.04 Å². The van der Waals surface area contributed by atoms with Gasteiger partial charge in [-0.3, -0.25) is 9.69 Å². The number of carbonyl (C=O) groups excluding carboxylic acids is 2. The highest BCUT2D eigenvalue weighted by molar-refractivity contribution is 5.85. The molecule has 1 aromatic rings. The van der Waals surface area contributed by atoms with Gasteiger partial charge >= 0.3 is 6.09 Å². The van der Waals surface area contributed by atoms with Crippen LogP contribution in [0, 0.1) is 0 Å². The third-order valence-electron chi connectivity index (χ3n) is 5.39. The average molecular weight is 389 g/mol. The first-order chi connectivity index (χ1) is 13.0. The Labute approximate surface area is 169 Å². The van der Waals surface area contributed by atoms with Gasteiger partial charge < -0.3 is 10.1 Å². The van der Waals surface area contributed by atoms with Crippen molar-refractivity contribution in [1.82, 2.24) is 10.2 Å². The lowest BCUT2D eigenvalue weighted by molar-refractivity contribution is -0.119. The molecule has 1 heterocycles. The van der Waals surface area contributed by atoms with E-state index < -0.39 is 17.7 Å². The number of hydrogen-bond donors (Lipinski definition) is 1. The van der Waals surface area contributed by atoms with Crippen molar-refractivity contribution < 1.29 is 14.3 Å². The summed E-state index contributed by atoms with van der Waals surface area (Å²) in [5.74, 6) is -0.0779. The molecule has 0 spiro atoms. The second kappa shape index (κ2) is 9.55. The summed E-state index contributed by atoms with van der Waals surface area (Å²) >= 11 is 0. The van der Waals surface area contributed by atoms with Gasteiger partial charge in [-0.1, -0.05) is 30.7 Å². The van der Waals surface area contributed by atoms with Crippen molar-refractivity contribution in [1.29, 1.82) is 0 Å². The largest absolute Gasteiger partial charge is 0.444 e. The lowest BCUT2D eigenvalue weighted by Crippen LogP contribution is -2.44. The Hall–Kier alpha value is -1.88. The van der Waals surface area contributed by atoms with Crippen molar-refractivity contribution in [2.75, 3.05) is 0 Å². The fraction of sp³-hybridized carbons (Fsp3) is 0.652. The van der Waals surface area contributed by atoms with Crippen molar-refractivity contribution in [2.24, 2.45) is 0 Å². The molecule has 0 bridgehead atoms. The Kier molecular flexibility index (Phi) is 7.64. The minimum absolute atomic E-state index is 0.0779. The van der Waals surface area contributed by atoms with Gasteiger partial charge in [-0.05, 0) is 71.9 Å². The first-order valence-corrected chi connectivity index (χ1v) is 10.4. The number of likely N-dealkylation sites (tertiary alicyclic amines) is 1. The highest BCUT2D eigenvalue weighted by atomic mass is 16.6. The number of ether oxygens (including phenoxy) is 1. The lowest BCUT2D eigenvalue weighted by atomic mass is 9.96. The molecule has 1 amide bonds. The highest BCUT2D eigenvalue weighted by Gasteiger charge is 2.25. The van der Waals surface area contributed by atoms with Gasteiger partial charge in [-0.15, -0.1) is 0 Å². The lowest BCUT2D eigenvalue weighted by Gasteiger charge is -2.39. The van der Waals surface area contributed by atoms with Gasteiger partial charge in [-0.25, -0.2) is 4.79 Å². The van der Waals surface area contributed by atoms with Gasteiger partial charge in [0.25, 0.3) is 0 Å². The predicted molar refractivity (Wildman–Crippen MR) is 112 cm³/mol. The van der Waals surface area contributed by atoms with E-state index in [9.17, 15) is 9.59 Å². The fourth-order valence-electron chi connectivity index (χ4n) is 3.76. The molecule has 5 heteroatoms. The summed E-state index contributed by atoms with van der Waals surface area (Å²) in [6.07, 6.45) is 3.75. The summed E-state index contributed by atoms with van der Waals surface area (Å²) in [7, 11) is 0. The van der Waals surface area contributed by atoms with Crippen molar-refractivity contribution in [3.05, 3.63) is 35.4 Å². The van der Waals surface area contributed by atoms with E-state index in [4.69, 9.17) is 4.74 Å². The topological polar surface area (TPSA) is 58.6 Å². The van der Waals surface area contributed by atoms with Crippen molar-refractivity contribution in [3.8, 4) is 0 Å². The minimum Gasteiger partial charge on any atom is -0.444 e. The highest BCUT2D eigenvalue weighted by Crippen LogP contribution is 2.24. The number of amides is 1. The Morgan fingerprint density at radius 3 is 2.14 bits per heavy atom. The molecule has 1 aliphatic rings. The molecule has 156 valence electrons. The zero-order valence-corrected chi connectivity index (χ0v) is 18.2. The van der Waals surface area contributed by atoms with Crippen LogP contribution < -0.4 is 5.32 Å². The standard InChI is InChI=1S/C23H36N2O3/c1-16-8-7-9-17(2)25(16)15-20-12-10-19(11-13-20)14-21(18(3)26)24-22(27)28-23(4,5)6/h10-13,16-17,21H,7-9,14-15H2,1-6H3,(H,24,27)/t16-,17+,21-/m1/s1. The first kappa shape index (κ1) is 22.4. The zero-order chi connectivity index (χ0) is 20.9. The van der Waals surface area contributed by atoms with E-state index in [2.05, 4.69) is 48.3 Å². The molecule has 0 aromatic heterocycles. The van der Waals surface area contributed by atoms with Crippen LogP contribution in [-0.4, -0.2) is 40.5 Å². The normalized spacial score (nSPS) is 21.8. The summed E-state index contributed by atoms with van der Waals surface area (Å²) in [4.78, 5) is 26.6. The average Bonchev–Trinajstić information content (AvgIpc) is 2.57. The summed E-state index contributed by atoms with van der Waals surface area (Å²) < 4.78 is 5.27. The van der Waals surface area contributed by atoms with E-state index in [1.54, 1.807) is 20.8 Å². The number of rotatable bonds is 6. The summed E-state index contributed by atoms with van der Waals surface area (Å²) in [5.41, 5.74) is 1.72. The van der Waals surface area contributed by atoms with Crippen molar-refractivity contribution in [3.63, 3.8) is 0 Å². The molecule has 1 aliphatic heterocycles. The van der Waals surface area contributed by atoms with Crippen LogP contribution in [0.1, 0.15) is 71.9 Å². The number of carbonyl (C=O) groups is 2. The monoisotopic (exact) mass is 388 g/mol. The van der Waals surface area contributed by atoms with E-state index in [1.807, 2.05) is 0 Å². The fourth-order valence-corrected chi connectivity index (χ4v) is 3.76. The molecule has 1 fully saturated rings. The van der Waals surface area contributed by atoms with Crippen molar-refractivity contribution >= 4 is 11.9 Å². The molecule has 1 saturated heterocycles. The van der Waals surface area contributed by atoms with Crippen LogP contribution in [0.4, 0.5) is 4.79 Å².